The molecule has 2 aliphatic heterocycles. The van der Waals surface area contributed by atoms with Crippen molar-refractivity contribution < 1.29 is 4.79 Å². The Morgan fingerprint density at radius 3 is 2.65 bits per heavy atom. The molecule has 2 aromatic rings. The van der Waals surface area contributed by atoms with Crippen LogP contribution in [0, 0.1) is 6.92 Å². The van der Waals surface area contributed by atoms with Crippen LogP contribution in [-0.4, -0.2) is 54.6 Å². The van der Waals surface area contributed by atoms with Crippen molar-refractivity contribution in [1.82, 2.24) is 29.5 Å². The van der Waals surface area contributed by atoms with Crippen LogP contribution < -0.4 is 5.56 Å². The number of carbonyl (C=O) groups excluding carboxylic acids is 1. The molecule has 166 valence electrons. The fourth-order valence-corrected chi connectivity index (χ4v) is 5.54. The minimum absolute atomic E-state index is 0.0248. The maximum absolute atomic E-state index is 13.4. The number of carbonyl (C=O) groups is 1. The fourth-order valence-electron chi connectivity index (χ4n) is 5.54. The van der Waals surface area contributed by atoms with Gasteiger partial charge in [-0.15, -0.1) is 0 Å². The number of likely N-dealkylation sites (tertiary alicyclic amines) is 1. The molecule has 31 heavy (non-hydrogen) atoms. The van der Waals surface area contributed by atoms with Crippen molar-refractivity contribution in [2.24, 2.45) is 7.05 Å². The molecule has 0 spiro atoms. The molecule has 0 unspecified atom stereocenters. The van der Waals surface area contributed by atoms with Gasteiger partial charge >= 0.3 is 0 Å². The molecule has 5 rings (SSSR count). The van der Waals surface area contributed by atoms with Crippen LogP contribution in [0.5, 0.6) is 0 Å². The summed E-state index contributed by atoms with van der Waals surface area (Å²) in [7, 11) is 1.85. The number of rotatable bonds is 3. The highest BCUT2D eigenvalue weighted by Crippen LogP contribution is 2.32. The molecule has 1 N–H and O–H groups in total. The van der Waals surface area contributed by atoms with Gasteiger partial charge in [0.15, 0.2) is 0 Å². The van der Waals surface area contributed by atoms with Gasteiger partial charge in [-0.1, -0.05) is 12.8 Å². The largest absolute Gasteiger partial charge is 0.328 e. The minimum atomic E-state index is -0.194. The van der Waals surface area contributed by atoms with E-state index in [9.17, 15) is 9.59 Å². The summed E-state index contributed by atoms with van der Waals surface area (Å²) in [5, 5.41) is 4.24. The predicted molar refractivity (Wildman–Crippen MR) is 117 cm³/mol. The van der Waals surface area contributed by atoms with Crippen LogP contribution in [0.1, 0.15) is 84.1 Å². The Morgan fingerprint density at radius 1 is 1.13 bits per heavy atom. The van der Waals surface area contributed by atoms with Gasteiger partial charge in [-0.3, -0.25) is 19.2 Å². The number of amides is 1. The van der Waals surface area contributed by atoms with Crippen LogP contribution >= 0.6 is 0 Å². The zero-order valence-corrected chi connectivity index (χ0v) is 18.6. The highest BCUT2D eigenvalue weighted by atomic mass is 16.2. The van der Waals surface area contributed by atoms with E-state index in [1.807, 2.05) is 18.9 Å². The SMILES string of the molecule is Cc1c(C(=O)N2CCCC[C@H]2c2nc3c(c(=O)[nH]2)CCN(C2CCCC2)C3)cnn1C. The Morgan fingerprint density at radius 2 is 1.90 bits per heavy atom. The molecule has 1 amide bonds. The van der Waals surface area contributed by atoms with Crippen molar-refractivity contribution in [3.05, 3.63) is 44.9 Å². The number of H-pyrrole nitrogens is 1. The van der Waals surface area contributed by atoms with E-state index < -0.39 is 0 Å². The maximum Gasteiger partial charge on any atom is 0.257 e. The Hall–Kier alpha value is -2.48. The Kier molecular flexibility index (Phi) is 5.42. The van der Waals surface area contributed by atoms with Gasteiger partial charge in [-0.25, -0.2) is 4.98 Å². The van der Waals surface area contributed by atoms with Crippen LogP contribution in [0.15, 0.2) is 11.0 Å². The van der Waals surface area contributed by atoms with Crippen LogP contribution in [-0.2, 0) is 20.0 Å². The third-order valence-electron chi connectivity index (χ3n) is 7.51. The summed E-state index contributed by atoms with van der Waals surface area (Å²) in [6.45, 7) is 4.28. The highest BCUT2D eigenvalue weighted by molar-refractivity contribution is 5.95. The van der Waals surface area contributed by atoms with E-state index in [1.165, 1.54) is 25.7 Å². The Labute approximate surface area is 182 Å². The van der Waals surface area contributed by atoms with E-state index in [0.717, 1.165) is 55.7 Å². The second kappa shape index (κ2) is 8.22. The number of hydrogen-bond acceptors (Lipinski definition) is 5. The van der Waals surface area contributed by atoms with E-state index in [1.54, 1.807) is 10.9 Å². The van der Waals surface area contributed by atoms with Gasteiger partial charge in [-0.2, -0.15) is 5.10 Å². The first-order valence-corrected chi connectivity index (χ1v) is 11.7. The average Bonchev–Trinajstić information content (AvgIpc) is 3.44. The lowest BCUT2D eigenvalue weighted by molar-refractivity contribution is 0.0597. The lowest BCUT2D eigenvalue weighted by Gasteiger charge is -2.36. The first-order valence-electron chi connectivity index (χ1n) is 11.7. The predicted octanol–water partition coefficient (Wildman–Crippen LogP) is 2.48. The lowest BCUT2D eigenvalue weighted by Crippen LogP contribution is -2.43. The number of aryl methyl sites for hydroxylation is 1. The van der Waals surface area contributed by atoms with E-state index in [2.05, 4.69) is 15.0 Å². The molecule has 1 atom stereocenters. The third-order valence-corrected chi connectivity index (χ3v) is 7.51. The van der Waals surface area contributed by atoms with Crippen molar-refractivity contribution in [1.29, 1.82) is 0 Å². The molecule has 0 bridgehead atoms. The number of aromatic amines is 1. The molecule has 1 aliphatic carbocycles. The van der Waals surface area contributed by atoms with Crippen molar-refractivity contribution in [2.75, 3.05) is 13.1 Å². The van der Waals surface area contributed by atoms with Gasteiger partial charge in [0.25, 0.3) is 11.5 Å². The van der Waals surface area contributed by atoms with Crippen molar-refractivity contribution in [3.63, 3.8) is 0 Å². The summed E-state index contributed by atoms with van der Waals surface area (Å²) in [5.41, 5.74) is 3.19. The molecule has 2 aromatic heterocycles. The molecule has 8 heteroatoms. The van der Waals surface area contributed by atoms with Gasteiger partial charge in [0.2, 0.25) is 0 Å². The molecule has 2 fully saturated rings. The van der Waals surface area contributed by atoms with Gasteiger partial charge in [-0.05, 0) is 45.4 Å². The summed E-state index contributed by atoms with van der Waals surface area (Å²) in [6.07, 6.45) is 10.3. The fraction of sp³-hybridized carbons (Fsp3) is 0.652. The average molecular weight is 425 g/mol. The van der Waals surface area contributed by atoms with E-state index >= 15 is 0 Å². The summed E-state index contributed by atoms with van der Waals surface area (Å²) in [5.74, 6) is 0.620. The smallest absolute Gasteiger partial charge is 0.257 e. The van der Waals surface area contributed by atoms with Crippen LogP contribution in [0.3, 0.4) is 0 Å². The maximum atomic E-state index is 13.4. The molecule has 4 heterocycles. The van der Waals surface area contributed by atoms with Crippen LogP contribution in [0.25, 0.3) is 0 Å². The van der Waals surface area contributed by atoms with Crippen LogP contribution in [0.2, 0.25) is 0 Å². The highest BCUT2D eigenvalue weighted by Gasteiger charge is 2.34. The third kappa shape index (κ3) is 3.71. The zero-order chi connectivity index (χ0) is 21.5. The molecule has 0 radical (unpaired) electrons. The number of nitrogens with one attached hydrogen (secondary N) is 1. The Balaban J connectivity index is 1.45. The molecular weight excluding hydrogens is 392 g/mol. The molecular formula is C23H32N6O2. The van der Waals surface area contributed by atoms with Crippen molar-refractivity contribution in [3.8, 4) is 0 Å². The first kappa shape index (κ1) is 20.4. The zero-order valence-electron chi connectivity index (χ0n) is 18.6. The summed E-state index contributed by atoms with van der Waals surface area (Å²) in [6, 6.07) is 0.430. The van der Waals surface area contributed by atoms with Gasteiger partial charge in [0.1, 0.15) is 5.82 Å². The number of fused-ring (bicyclic) bond motifs is 1. The van der Waals surface area contributed by atoms with E-state index in [4.69, 9.17) is 4.98 Å². The summed E-state index contributed by atoms with van der Waals surface area (Å²) < 4.78 is 1.73. The van der Waals surface area contributed by atoms with Crippen molar-refractivity contribution in [2.45, 2.75) is 76.9 Å². The Bertz CT molecular complexity index is 1040. The second-order valence-electron chi connectivity index (χ2n) is 9.31. The number of aromatic nitrogens is 4. The second-order valence-corrected chi connectivity index (χ2v) is 9.31. The summed E-state index contributed by atoms with van der Waals surface area (Å²) >= 11 is 0. The first-order chi connectivity index (χ1) is 15.0. The topological polar surface area (TPSA) is 87.1 Å². The standard InChI is InChI=1S/C23H32N6O2/c1-15-18(13-24-27(15)2)23(31)29-11-6-5-9-20(29)21-25-19-14-28(16-7-3-4-8-16)12-10-17(19)22(30)26-21/h13,16,20H,3-12,14H2,1-2H3,(H,25,26,30)/t20-/m0/s1. The van der Waals surface area contributed by atoms with Gasteiger partial charge < -0.3 is 9.88 Å². The molecule has 0 aromatic carbocycles. The van der Waals surface area contributed by atoms with Crippen LogP contribution in [0.4, 0.5) is 0 Å². The van der Waals surface area contributed by atoms with Gasteiger partial charge in [0.05, 0.1) is 23.5 Å². The summed E-state index contributed by atoms with van der Waals surface area (Å²) in [4.78, 5) is 38.7. The normalized spacial score (nSPS) is 22.6. The lowest BCUT2D eigenvalue weighted by atomic mass is 9.99. The number of nitrogens with zero attached hydrogens (tertiary/aromatic N) is 5. The monoisotopic (exact) mass is 424 g/mol. The minimum Gasteiger partial charge on any atom is -0.328 e. The quantitative estimate of drug-likeness (QED) is 0.818. The van der Waals surface area contributed by atoms with E-state index in [0.29, 0.717) is 24.0 Å². The molecule has 1 saturated heterocycles. The number of hydrogen-bond donors (Lipinski definition) is 1. The van der Waals surface area contributed by atoms with E-state index in [-0.39, 0.29) is 17.5 Å². The molecule has 3 aliphatic rings. The van der Waals surface area contributed by atoms with Crippen molar-refractivity contribution >= 4 is 5.91 Å². The molecule has 8 nitrogen and oxygen atoms in total. The van der Waals surface area contributed by atoms with Gasteiger partial charge in [0, 0.05) is 44.0 Å². The number of piperidine rings is 1. The molecule has 1 saturated carbocycles.